The highest BCUT2D eigenvalue weighted by Gasteiger charge is 2.52. The molecule has 4 unspecified atom stereocenters. The Morgan fingerprint density at radius 2 is 1.41 bits per heavy atom. The molecular formula is C24H32O2Si. The highest BCUT2D eigenvalue weighted by Crippen LogP contribution is 2.49. The van der Waals surface area contributed by atoms with E-state index < -0.39 is 8.32 Å². The molecule has 2 fully saturated rings. The second-order valence-corrected chi connectivity index (χ2v) is 13.8. The smallest absolute Gasteiger partial charge is 0.261 e. The van der Waals surface area contributed by atoms with E-state index >= 15 is 0 Å². The second kappa shape index (κ2) is 7.19. The van der Waals surface area contributed by atoms with Gasteiger partial charge in [0.15, 0.2) is 0 Å². The molecule has 0 saturated heterocycles. The van der Waals surface area contributed by atoms with Crippen molar-refractivity contribution in [1.29, 1.82) is 0 Å². The van der Waals surface area contributed by atoms with Crippen LogP contribution in [-0.4, -0.2) is 26.1 Å². The molecule has 2 aliphatic carbocycles. The first kappa shape index (κ1) is 18.9. The maximum atomic E-state index is 10.1. The van der Waals surface area contributed by atoms with Crippen LogP contribution in [0, 0.1) is 17.8 Å². The standard InChI is InChI=1S/C24H32O2Si/c1-24(2,3)27(21-10-6-4-7-11-21,22-12-8-5-9-13-22)26-17-20-15-19-14-18(20)16-23(19)25/h4-13,18-20,23,25H,14-17H2,1-3H3. The Morgan fingerprint density at radius 1 is 0.852 bits per heavy atom. The Bertz CT molecular complexity index is 711. The van der Waals surface area contributed by atoms with Crippen molar-refractivity contribution in [3.63, 3.8) is 0 Å². The summed E-state index contributed by atoms with van der Waals surface area (Å²) in [4.78, 5) is 0. The lowest BCUT2D eigenvalue weighted by Gasteiger charge is -2.44. The zero-order valence-electron chi connectivity index (χ0n) is 16.8. The molecule has 2 bridgehead atoms. The quantitative estimate of drug-likeness (QED) is 0.796. The zero-order valence-corrected chi connectivity index (χ0v) is 17.8. The third-order valence-corrected chi connectivity index (χ3v) is 11.9. The van der Waals surface area contributed by atoms with Gasteiger partial charge < -0.3 is 9.53 Å². The van der Waals surface area contributed by atoms with E-state index in [1.165, 1.54) is 16.8 Å². The van der Waals surface area contributed by atoms with Crippen molar-refractivity contribution in [2.24, 2.45) is 17.8 Å². The van der Waals surface area contributed by atoms with Crippen LogP contribution in [0.25, 0.3) is 0 Å². The van der Waals surface area contributed by atoms with Gasteiger partial charge in [0, 0.05) is 6.61 Å². The van der Waals surface area contributed by atoms with Crippen LogP contribution < -0.4 is 10.4 Å². The molecule has 0 amide bonds. The maximum Gasteiger partial charge on any atom is 0.261 e. The summed E-state index contributed by atoms with van der Waals surface area (Å²) in [6.45, 7) is 7.83. The minimum absolute atomic E-state index is 0.0346. The predicted molar refractivity (Wildman–Crippen MR) is 114 cm³/mol. The zero-order chi connectivity index (χ0) is 19.1. The number of rotatable bonds is 5. The van der Waals surface area contributed by atoms with Gasteiger partial charge in [0.25, 0.3) is 8.32 Å². The topological polar surface area (TPSA) is 29.5 Å². The summed E-state index contributed by atoms with van der Waals surface area (Å²) in [5.41, 5.74) is 0. The van der Waals surface area contributed by atoms with Crippen LogP contribution in [-0.2, 0) is 4.43 Å². The number of hydrogen-bond donors (Lipinski definition) is 1. The number of benzene rings is 2. The molecular weight excluding hydrogens is 348 g/mol. The van der Waals surface area contributed by atoms with Gasteiger partial charge in [-0.2, -0.15) is 0 Å². The molecule has 0 aliphatic heterocycles. The molecule has 3 heteroatoms. The van der Waals surface area contributed by atoms with Crippen molar-refractivity contribution in [2.45, 2.75) is 51.2 Å². The minimum Gasteiger partial charge on any atom is -0.407 e. The van der Waals surface area contributed by atoms with E-state index in [-0.39, 0.29) is 11.1 Å². The third kappa shape index (κ3) is 3.30. The fraction of sp³-hybridized carbons (Fsp3) is 0.500. The Hall–Kier alpha value is -1.42. The van der Waals surface area contributed by atoms with E-state index in [4.69, 9.17) is 4.43 Å². The normalized spacial score (nSPS) is 27.9. The minimum atomic E-state index is -2.42. The summed E-state index contributed by atoms with van der Waals surface area (Å²) in [5.74, 6) is 1.74. The van der Waals surface area contributed by atoms with Crippen molar-refractivity contribution in [3.8, 4) is 0 Å². The highest BCUT2D eigenvalue weighted by atomic mass is 28.4. The second-order valence-electron chi connectivity index (χ2n) is 9.53. The van der Waals surface area contributed by atoms with E-state index in [1.54, 1.807) is 0 Å². The summed E-state index contributed by atoms with van der Waals surface area (Å²) >= 11 is 0. The van der Waals surface area contributed by atoms with Crippen LogP contribution in [0.1, 0.15) is 40.0 Å². The molecule has 0 heterocycles. The number of hydrogen-bond acceptors (Lipinski definition) is 2. The Labute approximate surface area is 164 Å². The molecule has 2 aromatic rings. The predicted octanol–water partition coefficient (Wildman–Crippen LogP) is 3.97. The van der Waals surface area contributed by atoms with Gasteiger partial charge >= 0.3 is 0 Å². The number of fused-ring (bicyclic) bond motifs is 2. The molecule has 0 spiro atoms. The highest BCUT2D eigenvalue weighted by molar-refractivity contribution is 6.99. The lowest BCUT2D eigenvalue weighted by Crippen LogP contribution is -2.67. The average Bonchev–Trinajstić information content (AvgIpc) is 3.22. The number of aliphatic hydroxyl groups is 1. The van der Waals surface area contributed by atoms with Crippen molar-refractivity contribution >= 4 is 18.7 Å². The molecule has 4 atom stereocenters. The molecule has 0 aromatic heterocycles. The maximum absolute atomic E-state index is 10.1. The lowest BCUT2D eigenvalue weighted by atomic mass is 9.88. The fourth-order valence-electron chi connectivity index (χ4n) is 5.56. The molecule has 2 nitrogen and oxygen atoms in total. The fourth-order valence-corrected chi connectivity index (χ4v) is 10.2. The van der Waals surface area contributed by atoms with Crippen molar-refractivity contribution < 1.29 is 9.53 Å². The van der Waals surface area contributed by atoms with Crippen molar-refractivity contribution in [1.82, 2.24) is 0 Å². The van der Waals surface area contributed by atoms with Crippen LogP contribution in [0.15, 0.2) is 60.7 Å². The van der Waals surface area contributed by atoms with E-state index in [0.717, 1.165) is 19.4 Å². The van der Waals surface area contributed by atoms with Crippen molar-refractivity contribution in [3.05, 3.63) is 60.7 Å². The monoisotopic (exact) mass is 380 g/mol. The third-order valence-electron chi connectivity index (χ3n) is 6.90. The van der Waals surface area contributed by atoms with Gasteiger partial charge in [-0.25, -0.2) is 0 Å². The van der Waals surface area contributed by atoms with Crippen LogP contribution in [0.4, 0.5) is 0 Å². The lowest BCUT2D eigenvalue weighted by molar-refractivity contribution is 0.0791. The van der Waals surface area contributed by atoms with Gasteiger partial charge in [0.05, 0.1) is 6.10 Å². The Balaban J connectivity index is 1.70. The summed E-state index contributed by atoms with van der Waals surface area (Å²) in [5, 5.41) is 12.9. The van der Waals surface area contributed by atoms with Gasteiger partial charge in [0.2, 0.25) is 0 Å². The summed E-state index contributed by atoms with van der Waals surface area (Å²) in [6, 6.07) is 21.8. The van der Waals surface area contributed by atoms with Crippen LogP contribution in [0.3, 0.4) is 0 Å². The molecule has 4 rings (SSSR count). The van der Waals surface area contributed by atoms with Crippen LogP contribution in [0.2, 0.25) is 5.04 Å². The van der Waals surface area contributed by atoms with E-state index in [1.807, 2.05) is 0 Å². The van der Waals surface area contributed by atoms with Crippen molar-refractivity contribution in [2.75, 3.05) is 6.61 Å². The van der Waals surface area contributed by atoms with Crippen LogP contribution >= 0.6 is 0 Å². The van der Waals surface area contributed by atoms with Gasteiger partial charge in [-0.3, -0.25) is 0 Å². The summed E-state index contributed by atoms with van der Waals surface area (Å²) in [7, 11) is -2.42. The van der Waals surface area contributed by atoms with Gasteiger partial charge in [-0.05, 0) is 52.4 Å². The molecule has 1 N–H and O–H groups in total. The van der Waals surface area contributed by atoms with Gasteiger partial charge in [0.1, 0.15) is 0 Å². The van der Waals surface area contributed by atoms with Gasteiger partial charge in [-0.15, -0.1) is 0 Å². The summed E-state index contributed by atoms with van der Waals surface area (Å²) in [6.07, 6.45) is 3.22. The number of aliphatic hydroxyl groups excluding tert-OH is 1. The van der Waals surface area contributed by atoms with Crippen LogP contribution in [0.5, 0.6) is 0 Å². The van der Waals surface area contributed by atoms with E-state index in [2.05, 4.69) is 81.4 Å². The largest absolute Gasteiger partial charge is 0.407 e. The molecule has 0 radical (unpaired) electrons. The first-order chi connectivity index (χ1) is 12.9. The summed E-state index contributed by atoms with van der Waals surface area (Å²) < 4.78 is 7.10. The van der Waals surface area contributed by atoms with Gasteiger partial charge in [-0.1, -0.05) is 81.4 Å². The van der Waals surface area contributed by atoms with E-state index in [0.29, 0.717) is 17.8 Å². The Kier molecular flexibility index (Phi) is 5.04. The average molecular weight is 381 g/mol. The SMILES string of the molecule is CC(C)(C)[Si](OCC1CC2CC1CC2O)(c1ccccc1)c1ccccc1. The van der Waals surface area contributed by atoms with E-state index in [9.17, 15) is 5.11 Å². The first-order valence-electron chi connectivity index (χ1n) is 10.3. The molecule has 2 aliphatic rings. The molecule has 2 saturated carbocycles. The molecule has 27 heavy (non-hydrogen) atoms. The molecule has 2 aromatic carbocycles. The first-order valence-corrected chi connectivity index (χ1v) is 12.3. The Morgan fingerprint density at radius 3 is 1.81 bits per heavy atom. The molecule has 144 valence electrons.